The number of sulfonamides is 1. The van der Waals surface area contributed by atoms with Gasteiger partial charge in [-0.1, -0.05) is 42.3 Å². The molecular weight excluding hydrogens is 521 g/mol. The molecule has 7 nitrogen and oxygen atoms in total. The Labute approximate surface area is 224 Å². The molecule has 2 aromatic carbocycles. The zero-order valence-corrected chi connectivity index (χ0v) is 24.2. The lowest BCUT2D eigenvalue weighted by atomic mass is 10.1. The van der Waals surface area contributed by atoms with Gasteiger partial charge in [-0.2, -0.15) is 0 Å². The number of carbonyl (C=O) groups is 2. The number of nitrogens with zero attached hydrogens (tertiary/aromatic N) is 2. The summed E-state index contributed by atoms with van der Waals surface area (Å²) in [4.78, 5) is 28.3. The third kappa shape index (κ3) is 8.11. The maximum Gasteiger partial charge on any atom is 0.244 e. The molecule has 0 aliphatic carbocycles. The van der Waals surface area contributed by atoms with Crippen LogP contribution in [0, 0.1) is 13.8 Å². The second-order valence-corrected chi connectivity index (χ2v) is 12.7. The lowest BCUT2D eigenvalue weighted by molar-refractivity contribution is -0.141. The molecule has 0 aromatic heterocycles. The fourth-order valence-electron chi connectivity index (χ4n) is 3.70. The molecule has 1 unspecified atom stereocenters. The lowest BCUT2D eigenvalue weighted by Gasteiger charge is -2.34. The number of halogens is 2. The van der Waals surface area contributed by atoms with E-state index in [2.05, 4.69) is 5.32 Å². The van der Waals surface area contributed by atoms with Gasteiger partial charge in [-0.05, 0) is 82.0 Å². The SMILES string of the molecule is CCC(C(=O)NC(C)(C)C)N(Cc1ccc(Cl)c(Cl)c1)C(=O)CN(c1ccc(C)c(C)c1)S(C)(=O)=O. The monoisotopic (exact) mass is 555 g/mol. The summed E-state index contributed by atoms with van der Waals surface area (Å²) in [7, 11) is -3.80. The van der Waals surface area contributed by atoms with E-state index in [1.807, 2.05) is 40.7 Å². The number of carbonyl (C=O) groups excluding carboxylic acids is 2. The highest BCUT2D eigenvalue weighted by atomic mass is 35.5. The lowest BCUT2D eigenvalue weighted by Crippen LogP contribution is -2.55. The van der Waals surface area contributed by atoms with Gasteiger partial charge in [0.1, 0.15) is 12.6 Å². The van der Waals surface area contributed by atoms with Crippen LogP contribution in [-0.4, -0.2) is 49.5 Å². The van der Waals surface area contributed by atoms with Crippen LogP contribution in [0.25, 0.3) is 0 Å². The maximum atomic E-state index is 13.7. The fourth-order valence-corrected chi connectivity index (χ4v) is 4.86. The standard InChI is InChI=1S/C26H35Cl2N3O4S/c1-8-23(25(33)29-26(4,5)6)30(15-19-10-12-21(27)22(28)14-19)24(32)16-31(36(7,34)35)20-11-9-17(2)18(3)13-20/h9-14,23H,8,15-16H2,1-7H3,(H,29,33). The number of hydrogen-bond acceptors (Lipinski definition) is 4. The van der Waals surface area contributed by atoms with Crippen LogP contribution in [-0.2, 0) is 26.2 Å². The molecule has 0 saturated heterocycles. The summed E-state index contributed by atoms with van der Waals surface area (Å²) < 4.78 is 26.5. The predicted molar refractivity (Wildman–Crippen MR) is 147 cm³/mol. The van der Waals surface area contributed by atoms with E-state index >= 15 is 0 Å². The highest BCUT2D eigenvalue weighted by Crippen LogP contribution is 2.25. The number of hydrogen-bond donors (Lipinski definition) is 1. The van der Waals surface area contributed by atoms with Crippen molar-refractivity contribution in [2.45, 2.75) is 66.1 Å². The van der Waals surface area contributed by atoms with Gasteiger partial charge in [0.2, 0.25) is 21.8 Å². The molecule has 36 heavy (non-hydrogen) atoms. The highest BCUT2D eigenvalue weighted by molar-refractivity contribution is 7.92. The van der Waals surface area contributed by atoms with Crippen molar-refractivity contribution in [2.24, 2.45) is 0 Å². The van der Waals surface area contributed by atoms with Crippen molar-refractivity contribution in [1.29, 1.82) is 0 Å². The maximum absolute atomic E-state index is 13.7. The second kappa shape index (κ2) is 11.8. The summed E-state index contributed by atoms with van der Waals surface area (Å²) in [6.45, 7) is 10.8. The number of amides is 2. The number of benzene rings is 2. The normalized spacial score (nSPS) is 12.7. The average molecular weight is 557 g/mol. The van der Waals surface area contributed by atoms with Crippen molar-refractivity contribution < 1.29 is 18.0 Å². The van der Waals surface area contributed by atoms with Crippen molar-refractivity contribution in [2.75, 3.05) is 17.1 Å². The second-order valence-electron chi connectivity index (χ2n) is 9.97. The van der Waals surface area contributed by atoms with Gasteiger partial charge in [0.25, 0.3) is 0 Å². The van der Waals surface area contributed by atoms with Gasteiger partial charge in [0.05, 0.1) is 22.0 Å². The Kier molecular flexibility index (Phi) is 9.84. The Hall–Kier alpha value is -2.29. The molecule has 10 heteroatoms. The van der Waals surface area contributed by atoms with Gasteiger partial charge >= 0.3 is 0 Å². The summed E-state index contributed by atoms with van der Waals surface area (Å²) >= 11 is 12.2. The van der Waals surface area contributed by atoms with Crippen molar-refractivity contribution in [1.82, 2.24) is 10.2 Å². The third-order valence-electron chi connectivity index (χ3n) is 5.68. The van der Waals surface area contributed by atoms with E-state index in [1.54, 1.807) is 37.3 Å². The van der Waals surface area contributed by atoms with E-state index in [0.29, 0.717) is 27.7 Å². The van der Waals surface area contributed by atoms with Crippen LogP contribution < -0.4 is 9.62 Å². The van der Waals surface area contributed by atoms with E-state index in [1.165, 1.54) is 4.90 Å². The molecule has 0 fully saturated rings. The molecule has 2 rings (SSSR count). The molecule has 1 atom stereocenters. The van der Waals surface area contributed by atoms with Crippen molar-refractivity contribution >= 4 is 50.7 Å². The molecule has 0 saturated carbocycles. The van der Waals surface area contributed by atoms with Gasteiger partial charge < -0.3 is 10.2 Å². The third-order valence-corrected chi connectivity index (χ3v) is 7.56. The Morgan fingerprint density at radius 3 is 2.14 bits per heavy atom. The zero-order chi connectivity index (χ0) is 27.4. The van der Waals surface area contributed by atoms with Crippen LogP contribution in [0.4, 0.5) is 5.69 Å². The molecule has 2 amide bonds. The summed E-state index contributed by atoms with van der Waals surface area (Å²) in [5, 5.41) is 3.62. The van der Waals surface area contributed by atoms with E-state index < -0.39 is 34.1 Å². The van der Waals surface area contributed by atoms with Crippen LogP contribution in [0.2, 0.25) is 10.0 Å². The Morgan fingerprint density at radius 2 is 1.64 bits per heavy atom. The first kappa shape index (κ1) is 29.9. The molecule has 0 spiro atoms. The largest absolute Gasteiger partial charge is 0.350 e. The van der Waals surface area contributed by atoms with Crippen LogP contribution >= 0.6 is 23.2 Å². The molecular formula is C26H35Cl2N3O4S. The first-order chi connectivity index (χ1) is 16.5. The minimum Gasteiger partial charge on any atom is -0.350 e. The van der Waals surface area contributed by atoms with Gasteiger partial charge in [-0.25, -0.2) is 8.42 Å². The number of rotatable bonds is 9. The van der Waals surface area contributed by atoms with Gasteiger partial charge in [0, 0.05) is 12.1 Å². The molecule has 2 aromatic rings. The fraction of sp³-hybridized carbons (Fsp3) is 0.462. The topological polar surface area (TPSA) is 86.8 Å². The molecule has 0 aliphatic rings. The molecule has 0 bridgehead atoms. The van der Waals surface area contributed by atoms with E-state index in [0.717, 1.165) is 21.7 Å². The van der Waals surface area contributed by atoms with Crippen LogP contribution in [0.3, 0.4) is 0 Å². The number of aryl methyl sites for hydroxylation is 2. The van der Waals surface area contributed by atoms with Crippen LogP contribution in [0.15, 0.2) is 36.4 Å². The first-order valence-corrected chi connectivity index (χ1v) is 14.2. The number of anilines is 1. The van der Waals surface area contributed by atoms with Crippen molar-refractivity contribution in [3.8, 4) is 0 Å². The van der Waals surface area contributed by atoms with Crippen molar-refractivity contribution in [3.05, 3.63) is 63.1 Å². The minimum atomic E-state index is -3.80. The highest BCUT2D eigenvalue weighted by Gasteiger charge is 2.33. The van der Waals surface area contributed by atoms with E-state index in [4.69, 9.17) is 23.2 Å². The van der Waals surface area contributed by atoms with Gasteiger partial charge in [-0.15, -0.1) is 0 Å². The average Bonchev–Trinajstić information content (AvgIpc) is 2.74. The van der Waals surface area contributed by atoms with E-state index in [-0.39, 0.29) is 12.5 Å². The predicted octanol–water partition coefficient (Wildman–Crippen LogP) is 5.10. The Balaban J connectivity index is 2.50. The van der Waals surface area contributed by atoms with Crippen molar-refractivity contribution in [3.63, 3.8) is 0 Å². The Bertz CT molecular complexity index is 1230. The van der Waals surface area contributed by atoms with Crippen LogP contribution in [0.1, 0.15) is 50.8 Å². The van der Waals surface area contributed by atoms with Gasteiger partial charge in [0.15, 0.2) is 0 Å². The van der Waals surface area contributed by atoms with Crippen LogP contribution in [0.5, 0.6) is 0 Å². The molecule has 1 N–H and O–H groups in total. The minimum absolute atomic E-state index is 0.0519. The smallest absolute Gasteiger partial charge is 0.244 e. The zero-order valence-electron chi connectivity index (χ0n) is 21.9. The number of nitrogens with one attached hydrogen (secondary N) is 1. The quantitative estimate of drug-likeness (QED) is 0.466. The molecule has 0 heterocycles. The first-order valence-electron chi connectivity index (χ1n) is 11.6. The summed E-state index contributed by atoms with van der Waals surface area (Å²) in [6.07, 6.45) is 1.39. The molecule has 0 radical (unpaired) electrons. The Morgan fingerprint density at radius 1 is 1.00 bits per heavy atom. The summed E-state index contributed by atoms with van der Waals surface area (Å²) in [5.41, 5.74) is 2.44. The molecule has 0 aliphatic heterocycles. The van der Waals surface area contributed by atoms with E-state index in [9.17, 15) is 18.0 Å². The summed E-state index contributed by atoms with van der Waals surface area (Å²) in [6, 6.07) is 9.37. The van der Waals surface area contributed by atoms with Gasteiger partial charge in [-0.3, -0.25) is 13.9 Å². The molecule has 198 valence electrons. The summed E-state index contributed by atoms with van der Waals surface area (Å²) in [5.74, 6) is -0.837.